The van der Waals surface area contributed by atoms with E-state index in [4.69, 9.17) is 9.47 Å². The first-order chi connectivity index (χ1) is 13.2. The van der Waals surface area contributed by atoms with Crippen molar-refractivity contribution in [2.24, 2.45) is 0 Å². The van der Waals surface area contributed by atoms with Gasteiger partial charge >= 0.3 is 0 Å². The van der Waals surface area contributed by atoms with Crippen molar-refractivity contribution in [2.45, 2.75) is 13.3 Å². The van der Waals surface area contributed by atoms with Gasteiger partial charge in [-0.3, -0.25) is 4.79 Å². The van der Waals surface area contributed by atoms with Crippen molar-refractivity contribution in [3.63, 3.8) is 0 Å². The van der Waals surface area contributed by atoms with Gasteiger partial charge in [-0.05, 0) is 61.0 Å². The topological polar surface area (TPSA) is 47.6 Å². The Morgan fingerprint density at radius 1 is 0.963 bits per heavy atom. The molecule has 27 heavy (non-hydrogen) atoms. The smallest absolute Gasteiger partial charge is 0.259 e. The molecule has 4 nitrogen and oxygen atoms in total. The van der Waals surface area contributed by atoms with E-state index in [0.717, 1.165) is 16.6 Å². The number of rotatable bonds is 7. The summed E-state index contributed by atoms with van der Waals surface area (Å²) in [7, 11) is 0. The van der Waals surface area contributed by atoms with Gasteiger partial charge in [-0.2, -0.15) is 0 Å². The highest BCUT2D eigenvalue weighted by Crippen LogP contribution is 2.26. The maximum absolute atomic E-state index is 12.7. The van der Waals surface area contributed by atoms with Crippen LogP contribution in [0.5, 0.6) is 17.2 Å². The fourth-order valence-electron chi connectivity index (χ4n) is 2.45. The number of halogens is 1. The molecule has 3 aromatic rings. The predicted molar refractivity (Wildman–Crippen MR) is 111 cm³/mol. The van der Waals surface area contributed by atoms with E-state index in [9.17, 15) is 4.79 Å². The van der Waals surface area contributed by atoms with E-state index in [1.165, 1.54) is 0 Å². The number of benzene rings is 3. The fraction of sp³-hybridized carbons (Fsp3) is 0.136. The van der Waals surface area contributed by atoms with Crippen LogP contribution in [0.15, 0.2) is 77.3 Å². The molecule has 0 heterocycles. The van der Waals surface area contributed by atoms with Crippen molar-refractivity contribution in [1.29, 1.82) is 0 Å². The second-order valence-electron chi connectivity index (χ2n) is 5.88. The van der Waals surface area contributed by atoms with Gasteiger partial charge in [0.05, 0.1) is 12.2 Å². The number of amides is 1. The summed E-state index contributed by atoms with van der Waals surface area (Å²) in [6.07, 6.45) is 0.875. The second-order valence-corrected chi connectivity index (χ2v) is 6.80. The summed E-state index contributed by atoms with van der Waals surface area (Å²) >= 11 is 3.41. The summed E-state index contributed by atoms with van der Waals surface area (Å²) in [5.74, 6) is 1.82. The molecule has 0 aliphatic carbocycles. The van der Waals surface area contributed by atoms with Gasteiger partial charge in [-0.25, -0.2) is 0 Å². The summed E-state index contributed by atoms with van der Waals surface area (Å²) in [6.45, 7) is 2.59. The molecule has 0 fully saturated rings. The summed E-state index contributed by atoms with van der Waals surface area (Å²) in [6, 6.07) is 22.2. The van der Waals surface area contributed by atoms with Crippen LogP contribution in [0.3, 0.4) is 0 Å². The normalized spacial score (nSPS) is 10.3. The predicted octanol–water partition coefficient (Wildman–Crippen LogP) is 6.28. The highest BCUT2D eigenvalue weighted by atomic mass is 79.9. The molecule has 0 spiro atoms. The number of nitrogens with one attached hydrogen (secondary N) is 1. The van der Waals surface area contributed by atoms with Crippen LogP contribution in [0.4, 0.5) is 5.69 Å². The number of carbonyl (C=O) groups is 1. The lowest BCUT2D eigenvalue weighted by atomic mass is 10.2. The number of ether oxygens (including phenoxy) is 2. The van der Waals surface area contributed by atoms with Crippen molar-refractivity contribution < 1.29 is 14.3 Å². The minimum Gasteiger partial charge on any atom is -0.493 e. The molecule has 0 aliphatic rings. The van der Waals surface area contributed by atoms with Crippen LogP contribution < -0.4 is 14.8 Å². The zero-order valence-electron chi connectivity index (χ0n) is 14.9. The van der Waals surface area contributed by atoms with E-state index in [0.29, 0.717) is 29.4 Å². The van der Waals surface area contributed by atoms with Gasteiger partial charge in [-0.15, -0.1) is 0 Å². The van der Waals surface area contributed by atoms with Crippen LogP contribution in [0.25, 0.3) is 0 Å². The van der Waals surface area contributed by atoms with E-state index in [-0.39, 0.29) is 5.91 Å². The Bertz CT molecular complexity index is 895. The van der Waals surface area contributed by atoms with Gasteiger partial charge in [-0.1, -0.05) is 41.1 Å². The Morgan fingerprint density at radius 3 is 2.37 bits per heavy atom. The fourth-order valence-corrected chi connectivity index (χ4v) is 2.81. The molecule has 0 atom stereocenters. The van der Waals surface area contributed by atoms with Crippen molar-refractivity contribution in [3.8, 4) is 17.2 Å². The first-order valence-electron chi connectivity index (χ1n) is 8.72. The lowest BCUT2D eigenvalue weighted by Crippen LogP contribution is -2.14. The molecule has 0 radical (unpaired) electrons. The van der Waals surface area contributed by atoms with E-state index in [1.807, 2.05) is 55.5 Å². The Kier molecular flexibility index (Phi) is 6.49. The van der Waals surface area contributed by atoms with Gasteiger partial charge in [0.15, 0.2) is 0 Å². The molecule has 138 valence electrons. The highest BCUT2D eigenvalue weighted by Gasteiger charge is 2.14. The molecule has 0 saturated heterocycles. The number of hydrogen-bond donors (Lipinski definition) is 1. The maximum atomic E-state index is 12.7. The molecule has 0 aromatic heterocycles. The molecule has 1 amide bonds. The third-order valence-corrected chi connectivity index (χ3v) is 4.23. The monoisotopic (exact) mass is 425 g/mol. The van der Waals surface area contributed by atoms with Crippen molar-refractivity contribution >= 4 is 27.5 Å². The van der Waals surface area contributed by atoms with Crippen LogP contribution in [0, 0.1) is 0 Å². The van der Waals surface area contributed by atoms with Gasteiger partial charge in [0.2, 0.25) is 0 Å². The molecule has 1 N–H and O–H groups in total. The van der Waals surface area contributed by atoms with Crippen molar-refractivity contribution in [3.05, 3.63) is 82.8 Å². The first kappa shape index (κ1) is 19.0. The lowest BCUT2D eigenvalue weighted by Gasteiger charge is -2.12. The Hall–Kier alpha value is -2.79. The third-order valence-electron chi connectivity index (χ3n) is 3.74. The Morgan fingerprint density at radius 2 is 1.67 bits per heavy atom. The van der Waals surface area contributed by atoms with Gasteiger partial charge < -0.3 is 14.8 Å². The number of carbonyl (C=O) groups excluding carboxylic acids is 1. The quantitative estimate of drug-likeness (QED) is 0.484. The van der Waals surface area contributed by atoms with Crippen LogP contribution in [-0.4, -0.2) is 12.5 Å². The summed E-state index contributed by atoms with van der Waals surface area (Å²) in [4.78, 5) is 12.7. The second kappa shape index (κ2) is 9.24. The van der Waals surface area contributed by atoms with Crippen molar-refractivity contribution in [2.75, 3.05) is 11.9 Å². The minimum absolute atomic E-state index is 0.223. The van der Waals surface area contributed by atoms with Crippen LogP contribution in [-0.2, 0) is 0 Å². The summed E-state index contributed by atoms with van der Waals surface area (Å²) in [5.41, 5.74) is 1.17. The first-order valence-corrected chi connectivity index (χ1v) is 9.51. The van der Waals surface area contributed by atoms with Gasteiger partial charge in [0.1, 0.15) is 17.2 Å². The van der Waals surface area contributed by atoms with Crippen LogP contribution in [0.1, 0.15) is 23.7 Å². The zero-order valence-corrected chi connectivity index (χ0v) is 16.5. The van der Waals surface area contributed by atoms with Crippen LogP contribution >= 0.6 is 15.9 Å². The van der Waals surface area contributed by atoms with Gasteiger partial charge in [0, 0.05) is 10.2 Å². The molecule has 5 heteroatoms. The van der Waals surface area contributed by atoms with Crippen LogP contribution in [0.2, 0.25) is 0 Å². The molecule has 0 unspecified atom stereocenters. The SMILES string of the molecule is CCCOc1ccc(Br)cc1C(=O)Nc1ccc(Oc2ccccc2)cc1. The average molecular weight is 426 g/mol. The lowest BCUT2D eigenvalue weighted by molar-refractivity contribution is 0.102. The highest BCUT2D eigenvalue weighted by molar-refractivity contribution is 9.10. The molecular formula is C22H20BrNO3. The number of hydrogen-bond acceptors (Lipinski definition) is 3. The standard InChI is InChI=1S/C22H20BrNO3/c1-2-14-26-21-13-8-16(23)15-20(21)22(25)24-17-9-11-19(12-10-17)27-18-6-4-3-5-7-18/h3-13,15H,2,14H2,1H3,(H,24,25). The minimum atomic E-state index is -0.223. The zero-order chi connectivity index (χ0) is 19.1. The molecule has 3 aromatic carbocycles. The molecule has 0 saturated carbocycles. The largest absolute Gasteiger partial charge is 0.493 e. The molecule has 0 aliphatic heterocycles. The summed E-state index contributed by atoms with van der Waals surface area (Å²) < 4.78 is 12.3. The Labute approximate surface area is 167 Å². The van der Waals surface area contributed by atoms with Gasteiger partial charge in [0.25, 0.3) is 5.91 Å². The van der Waals surface area contributed by atoms with E-state index in [1.54, 1.807) is 24.3 Å². The maximum Gasteiger partial charge on any atom is 0.259 e. The molecule has 3 rings (SSSR count). The van der Waals surface area contributed by atoms with E-state index < -0.39 is 0 Å². The molecular weight excluding hydrogens is 406 g/mol. The Balaban J connectivity index is 1.70. The van der Waals surface area contributed by atoms with Crippen molar-refractivity contribution in [1.82, 2.24) is 0 Å². The molecule has 0 bridgehead atoms. The van der Waals surface area contributed by atoms with E-state index in [2.05, 4.69) is 21.2 Å². The average Bonchev–Trinajstić information content (AvgIpc) is 2.69. The summed E-state index contributed by atoms with van der Waals surface area (Å²) in [5, 5.41) is 2.90. The number of para-hydroxylation sites is 1. The third kappa shape index (κ3) is 5.34. The number of anilines is 1. The van der Waals surface area contributed by atoms with E-state index >= 15 is 0 Å².